The topological polar surface area (TPSA) is 68.3 Å². The Hall–Kier alpha value is -2.14. The first-order chi connectivity index (χ1) is 9.15. The van der Waals surface area contributed by atoms with Gasteiger partial charge in [-0.2, -0.15) is 0 Å². The number of furan rings is 1. The third kappa shape index (κ3) is 3.93. The third-order valence-corrected chi connectivity index (χ3v) is 2.85. The number of rotatable bonds is 5. The first kappa shape index (κ1) is 13.3. The molecule has 1 aromatic carbocycles. The molecule has 1 aromatic heterocycles. The average molecular weight is 274 g/mol. The summed E-state index contributed by atoms with van der Waals surface area (Å²) < 4.78 is 5.17. The number of carbonyl (C=O) groups excluding carboxylic acids is 1. The molecule has 0 spiro atoms. The molecule has 19 heavy (non-hydrogen) atoms. The number of thiocarbonyl (C=S) groups is 1. The van der Waals surface area contributed by atoms with E-state index in [2.05, 4.69) is 5.32 Å². The number of carbonyl (C=O) groups is 1. The van der Waals surface area contributed by atoms with Crippen molar-refractivity contribution < 1.29 is 9.21 Å². The molecular weight excluding hydrogens is 260 g/mol. The van der Waals surface area contributed by atoms with E-state index >= 15 is 0 Å². The van der Waals surface area contributed by atoms with Gasteiger partial charge in [-0.05, 0) is 24.3 Å². The fourth-order valence-electron chi connectivity index (χ4n) is 1.67. The fourth-order valence-corrected chi connectivity index (χ4v) is 1.79. The number of aryl methyl sites for hydroxylation is 1. The summed E-state index contributed by atoms with van der Waals surface area (Å²) in [6, 6.07) is 10.8. The number of anilines is 1. The van der Waals surface area contributed by atoms with Gasteiger partial charge in [0.1, 0.15) is 10.7 Å². The van der Waals surface area contributed by atoms with Gasteiger partial charge in [0.05, 0.1) is 6.26 Å². The Labute approximate surface area is 116 Å². The van der Waals surface area contributed by atoms with Crippen molar-refractivity contribution in [2.75, 3.05) is 5.32 Å². The van der Waals surface area contributed by atoms with Crippen LogP contribution in [0.2, 0.25) is 0 Å². The van der Waals surface area contributed by atoms with Crippen molar-refractivity contribution in [3.05, 3.63) is 54.0 Å². The van der Waals surface area contributed by atoms with Crippen molar-refractivity contribution in [1.82, 2.24) is 0 Å². The second-order valence-corrected chi connectivity index (χ2v) is 4.51. The van der Waals surface area contributed by atoms with Gasteiger partial charge in [0.25, 0.3) is 0 Å². The first-order valence-corrected chi connectivity index (χ1v) is 6.28. The van der Waals surface area contributed by atoms with E-state index in [-0.39, 0.29) is 5.91 Å². The lowest BCUT2D eigenvalue weighted by atomic mass is 10.2. The lowest BCUT2D eigenvalue weighted by Gasteiger charge is -2.06. The molecule has 5 heteroatoms. The summed E-state index contributed by atoms with van der Waals surface area (Å²) in [7, 11) is 0. The van der Waals surface area contributed by atoms with E-state index in [1.54, 1.807) is 36.6 Å². The van der Waals surface area contributed by atoms with Crippen LogP contribution < -0.4 is 11.1 Å². The van der Waals surface area contributed by atoms with Crippen LogP contribution >= 0.6 is 12.2 Å². The summed E-state index contributed by atoms with van der Waals surface area (Å²) in [6.45, 7) is 0. The highest BCUT2D eigenvalue weighted by atomic mass is 32.1. The molecular formula is C14H14N2O2S. The highest BCUT2D eigenvalue weighted by molar-refractivity contribution is 7.80. The van der Waals surface area contributed by atoms with Gasteiger partial charge in [-0.25, -0.2) is 0 Å². The van der Waals surface area contributed by atoms with Crippen LogP contribution in [0.15, 0.2) is 47.1 Å². The summed E-state index contributed by atoms with van der Waals surface area (Å²) >= 11 is 4.89. The average Bonchev–Trinajstić information content (AvgIpc) is 2.90. The van der Waals surface area contributed by atoms with Crippen molar-refractivity contribution in [3.8, 4) is 0 Å². The molecule has 0 bridgehead atoms. The zero-order chi connectivity index (χ0) is 13.7. The van der Waals surface area contributed by atoms with Gasteiger partial charge in [0.2, 0.25) is 5.91 Å². The predicted octanol–water partition coefficient (Wildman–Crippen LogP) is 2.49. The first-order valence-electron chi connectivity index (χ1n) is 5.87. The maximum absolute atomic E-state index is 11.8. The summed E-state index contributed by atoms with van der Waals surface area (Å²) in [5, 5.41) is 2.80. The highest BCUT2D eigenvalue weighted by Crippen LogP contribution is 2.12. The SMILES string of the molecule is NC(=S)c1cccc(NC(=O)CCc2ccco2)c1. The molecule has 0 aliphatic rings. The van der Waals surface area contributed by atoms with Gasteiger partial charge in [-0.1, -0.05) is 24.4 Å². The van der Waals surface area contributed by atoms with E-state index in [1.807, 2.05) is 6.07 Å². The highest BCUT2D eigenvalue weighted by Gasteiger charge is 2.05. The minimum absolute atomic E-state index is 0.0727. The lowest BCUT2D eigenvalue weighted by Crippen LogP contribution is -2.14. The van der Waals surface area contributed by atoms with Crippen molar-refractivity contribution >= 4 is 28.8 Å². The monoisotopic (exact) mass is 274 g/mol. The second kappa shape index (κ2) is 6.15. The molecule has 2 rings (SSSR count). The predicted molar refractivity (Wildman–Crippen MR) is 78.0 cm³/mol. The molecule has 0 aliphatic heterocycles. The number of amides is 1. The van der Waals surface area contributed by atoms with E-state index < -0.39 is 0 Å². The Kier molecular flexibility index (Phi) is 4.30. The number of nitrogens with two attached hydrogens (primary N) is 1. The standard InChI is InChI=1S/C14H14N2O2S/c15-14(19)10-3-1-4-11(9-10)16-13(17)7-6-12-5-2-8-18-12/h1-5,8-9H,6-7H2,(H2,15,19)(H,16,17). The molecule has 98 valence electrons. The summed E-state index contributed by atoms with van der Waals surface area (Å²) in [4.78, 5) is 12.1. The van der Waals surface area contributed by atoms with E-state index in [0.717, 1.165) is 11.3 Å². The number of hydrogen-bond acceptors (Lipinski definition) is 3. The molecule has 0 fully saturated rings. The minimum Gasteiger partial charge on any atom is -0.469 e. The van der Waals surface area contributed by atoms with E-state index in [4.69, 9.17) is 22.4 Å². The number of hydrogen-bond donors (Lipinski definition) is 2. The molecule has 0 saturated carbocycles. The third-order valence-electron chi connectivity index (χ3n) is 2.61. The van der Waals surface area contributed by atoms with Crippen LogP contribution in [0.1, 0.15) is 17.7 Å². The van der Waals surface area contributed by atoms with Crippen molar-refractivity contribution in [2.24, 2.45) is 5.73 Å². The Morgan fingerprint density at radius 3 is 2.84 bits per heavy atom. The van der Waals surface area contributed by atoms with Crippen molar-refractivity contribution in [2.45, 2.75) is 12.8 Å². The molecule has 1 amide bonds. The maximum Gasteiger partial charge on any atom is 0.224 e. The summed E-state index contributed by atoms with van der Waals surface area (Å²) in [5.74, 6) is 0.725. The maximum atomic E-state index is 11.8. The molecule has 1 heterocycles. The smallest absolute Gasteiger partial charge is 0.224 e. The lowest BCUT2D eigenvalue weighted by molar-refractivity contribution is -0.116. The van der Waals surface area contributed by atoms with Crippen LogP contribution in [0.5, 0.6) is 0 Å². The van der Waals surface area contributed by atoms with E-state index in [1.165, 1.54) is 0 Å². The van der Waals surface area contributed by atoms with Gasteiger partial charge in [-0.3, -0.25) is 4.79 Å². The van der Waals surface area contributed by atoms with Gasteiger partial charge in [0.15, 0.2) is 0 Å². The van der Waals surface area contributed by atoms with Crippen molar-refractivity contribution in [1.29, 1.82) is 0 Å². The minimum atomic E-state index is -0.0727. The quantitative estimate of drug-likeness (QED) is 0.822. The summed E-state index contributed by atoms with van der Waals surface area (Å²) in [6.07, 6.45) is 2.54. The van der Waals surface area contributed by atoms with Crippen LogP contribution in [0.25, 0.3) is 0 Å². The van der Waals surface area contributed by atoms with Gasteiger partial charge in [0, 0.05) is 24.1 Å². The van der Waals surface area contributed by atoms with Crippen LogP contribution in [0.4, 0.5) is 5.69 Å². The van der Waals surface area contributed by atoms with Crippen LogP contribution in [-0.4, -0.2) is 10.9 Å². The molecule has 0 radical (unpaired) electrons. The molecule has 0 unspecified atom stereocenters. The Morgan fingerprint density at radius 2 is 2.16 bits per heavy atom. The number of benzene rings is 1. The van der Waals surface area contributed by atoms with Crippen molar-refractivity contribution in [3.63, 3.8) is 0 Å². The molecule has 0 saturated heterocycles. The zero-order valence-electron chi connectivity index (χ0n) is 10.3. The second-order valence-electron chi connectivity index (χ2n) is 4.07. The van der Waals surface area contributed by atoms with Crippen LogP contribution in [0.3, 0.4) is 0 Å². The Balaban J connectivity index is 1.91. The van der Waals surface area contributed by atoms with Crippen LogP contribution in [0, 0.1) is 0 Å². The van der Waals surface area contributed by atoms with E-state index in [9.17, 15) is 4.79 Å². The van der Waals surface area contributed by atoms with E-state index in [0.29, 0.717) is 23.5 Å². The molecule has 4 nitrogen and oxygen atoms in total. The Bertz CT molecular complexity index is 579. The van der Waals surface area contributed by atoms with Gasteiger partial charge in [-0.15, -0.1) is 0 Å². The summed E-state index contributed by atoms with van der Waals surface area (Å²) in [5.41, 5.74) is 6.97. The molecule has 2 aromatic rings. The Morgan fingerprint density at radius 1 is 1.32 bits per heavy atom. The normalized spacial score (nSPS) is 10.1. The van der Waals surface area contributed by atoms with Crippen LogP contribution in [-0.2, 0) is 11.2 Å². The van der Waals surface area contributed by atoms with Gasteiger partial charge >= 0.3 is 0 Å². The fraction of sp³-hybridized carbons (Fsp3) is 0.143. The number of nitrogens with one attached hydrogen (secondary N) is 1. The largest absolute Gasteiger partial charge is 0.469 e. The van der Waals surface area contributed by atoms with Gasteiger partial charge < -0.3 is 15.5 Å². The molecule has 0 atom stereocenters. The molecule has 3 N–H and O–H groups in total. The zero-order valence-corrected chi connectivity index (χ0v) is 11.1. The molecule has 0 aliphatic carbocycles.